The van der Waals surface area contributed by atoms with Gasteiger partial charge >= 0.3 is 6.03 Å². The molecule has 2 aromatic rings. The average Bonchev–Trinajstić information content (AvgIpc) is 3.43. The Kier molecular flexibility index (Phi) is 4.41. The molecule has 26 heavy (non-hydrogen) atoms. The Hall–Kier alpha value is -2.40. The highest BCUT2D eigenvalue weighted by Gasteiger charge is 2.46. The summed E-state index contributed by atoms with van der Waals surface area (Å²) in [6.45, 7) is 3.58. The van der Waals surface area contributed by atoms with Crippen molar-refractivity contribution in [3.63, 3.8) is 0 Å². The Morgan fingerprint density at radius 2 is 2.00 bits per heavy atom. The quantitative estimate of drug-likeness (QED) is 0.908. The summed E-state index contributed by atoms with van der Waals surface area (Å²) in [5.74, 6) is -0.270. The highest BCUT2D eigenvalue weighted by atomic mass is 19.1. The van der Waals surface area contributed by atoms with Gasteiger partial charge in [0.25, 0.3) is 0 Å². The van der Waals surface area contributed by atoms with E-state index in [-0.39, 0.29) is 23.5 Å². The van der Waals surface area contributed by atoms with E-state index in [9.17, 15) is 9.18 Å². The van der Waals surface area contributed by atoms with E-state index in [1.165, 1.54) is 23.3 Å². The van der Waals surface area contributed by atoms with Crippen molar-refractivity contribution < 1.29 is 13.9 Å². The number of morpholine rings is 1. The molecule has 4 nitrogen and oxygen atoms in total. The molecule has 1 heterocycles. The van der Waals surface area contributed by atoms with Crippen molar-refractivity contribution in [3.05, 3.63) is 71.0 Å². The van der Waals surface area contributed by atoms with Crippen LogP contribution in [0.4, 0.5) is 9.18 Å². The van der Waals surface area contributed by atoms with Crippen molar-refractivity contribution in [2.75, 3.05) is 19.7 Å². The minimum atomic E-state index is -0.270. The third-order valence-corrected chi connectivity index (χ3v) is 5.26. The number of carbonyl (C=O) groups is 1. The fraction of sp³-hybridized carbons (Fsp3) is 0.381. The van der Waals surface area contributed by atoms with Crippen molar-refractivity contribution in [1.82, 2.24) is 10.2 Å². The second-order valence-electron chi connectivity index (χ2n) is 7.24. The first-order valence-corrected chi connectivity index (χ1v) is 9.07. The maximum Gasteiger partial charge on any atom is 0.318 e. The Labute approximate surface area is 153 Å². The van der Waals surface area contributed by atoms with Crippen molar-refractivity contribution in [1.29, 1.82) is 0 Å². The van der Waals surface area contributed by atoms with E-state index < -0.39 is 0 Å². The van der Waals surface area contributed by atoms with Gasteiger partial charge < -0.3 is 15.0 Å². The molecule has 1 atom stereocenters. The van der Waals surface area contributed by atoms with Gasteiger partial charge in [-0.05, 0) is 43.0 Å². The highest BCUT2D eigenvalue weighted by Crippen LogP contribution is 2.45. The van der Waals surface area contributed by atoms with E-state index in [1.54, 1.807) is 17.0 Å². The largest absolute Gasteiger partial charge is 0.370 e. The molecule has 0 unspecified atom stereocenters. The normalized spacial score (nSPS) is 21.3. The summed E-state index contributed by atoms with van der Waals surface area (Å²) in [5, 5.41) is 3.23. The van der Waals surface area contributed by atoms with Crippen LogP contribution in [0.5, 0.6) is 0 Å². The Bertz CT molecular complexity index is 802. The van der Waals surface area contributed by atoms with Crippen LogP contribution in [0.2, 0.25) is 0 Å². The second kappa shape index (κ2) is 6.72. The monoisotopic (exact) mass is 354 g/mol. The van der Waals surface area contributed by atoms with Gasteiger partial charge in [-0.25, -0.2) is 9.18 Å². The van der Waals surface area contributed by atoms with E-state index in [0.717, 1.165) is 18.4 Å². The molecule has 2 fully saturated rings. The van der Waals surface area contributed by atoms with Crippen molar-refractivity contribution in [2.24, 2.45) is 0 Å². The van der Waals surface area contributed by atoms with Crippen LogP contribution in [-0.2, 0) is 10.3 Å². The van der Waals surface area contributed by atoms with Crippen LogP contribution in [0, 0.1) is 12.7 Å². The topological polar surface area (TPSA) is 41.6 Å². The predicted molar refractivity (Wildman–Crippen MR) is 97.3 cm³/mol. The third kappa shape index (κ3) is 3.44. The molecule has 2 amide bonds. The van der Waals surface area contributed by atoms with Gasteiger partial charge in [-0.1, -0.05) is 42.0 Å². The predicted octanol–water partition coefficient (Wildman–Crippen LogP) is 3.91. The van der Waals surface area contributed by atoms with E-state index in [2.05, 4.69) is 30.4 Å². The lowest BCUT2D eigenvalue weighted by Crippen LogP contribution is -2.50. The molecule has 0 aromatic heterocycles. The average molecular weight is 354 g/mol. The number of amides is 2. The highest BCUT2D eigenvalue weighted by molar-refractivity contribution is 5.76. The molecule has 136 valence electrons. The number of rotatable bonds is 3. The molecule has 5 heteroatoms. The molecule has 1 saturated heterocycles. The summed E-state index contributed by atoms with van der Waals surface area (Å²) < 4.78 is 18.9. The first kappa shape index (κ1) is 17.0. The zero-order chi connectivity index (χ0) is 18.1. The van der Waals surface area contributed by atoms with Crippen LogP contribution in [0.25, 0.3) is 0 Å². The summed E-state index contributed by atoms with van der Waals surface area (Å²) in [6.07, 6.45) is 1.71. The van der Waals surface area contributed by atoms with E-state index >= 15 is 0 Å². The van der Waals surface area contributed by atoms with Crippen LogP contribution in [0.3, 0.4) is 0 Å². The van der Waals surface area contributed by atoms with Gasteiger partial charge in [-0.2, -0.15) is 0 Å². The molecule has 2 aliphatic rings. The van der Waals surface area contributed by atoms with Gasteiger partial charge in [0.15, 0.2) is 0 Å². The maximum atomic E-state index is 13.1. The molecule has 1 saturated carbocycles. The molecular weight excluding hydrogens is 331 g/mol. The van der Waals surface area contributed by atoms with Crippen LogP contribution in [0.1, 0.15) is 35.6 Å². The molecule has 0 radical (unpaired) electrons. The number of benzene rings is 2. The number of ether oxygens (including phenoxy) is 1. The number of nitrogens with zero attached hydrogens (tertiary/aromatic N) is 1. The number of halogens is 1. The van der Waals surface area contributed by atoms with E-state index in [0.29, 0.717) is 19.7 Å². The van der Waals surface area contributed by atoms with Crippen LogP contribution >= 0.6 is 0 Å². The molecule has 0 bridgehead atoms. The number of carbonyl (C=O) groups excluding carboxylic acids is 1. The Morgan fingerprint density at radius 1 is 1.23 bits per heavy atom. The molecular formula is C21H23FN2O2. The first-order chi connectivity index (χ1) is 12.6. The lowest BCUT2D eigenvalue weighted by atomic mass is 10.0. The summed E-state index contributed by atoms with van der Waals surface area (Å²) >= 11 is 0. The van der Waals surface area contributed by atoms with Crippen molar-refractivity contribution in [2.45, 2.75) is 31.4 Å². The van der Waals surface area contributed by atoms with Crippen LogP contribution in [-0.4, -0.2) is 30.6 Å². The number of hydrogen-bond acceptors (Lipinski definition) is 2. The van der Waals surface area contributed by atoms with Gasteiger partial charge in [-0.3, -0.25) is 0 Å². The first-order valence-electron chi connectivity index (χ1n) is 9.07. The Balaban J connectivity index is 1.44. The summed E-state index contributed by atoms with van der Waals surface area (Å²) in [7, 11) is 0. The van der Waals surface area contributed by atoms with Gasteiger partial charge in [0.05, 0.1) is 18.7 Å². The molecule has 1 aliphatic heterocycles. The molecule has 1 N–H and O–H groups in total. The zero-order valence-corrected chi connectivity index (χ0v) is 14.9. The lowest BCUT2D eigenvalue weighted by Gasteiger charge is -2.34. The number of hydrogen-bond donors (Lipinski definition) is 1. The van der Waals surface area contributed by atoms with Gasteiger partial charge in [-0.15, -0.1) is 0 Å². The molecule has 0 spiro atoms. The van der Waals surface area contributed by atoms with Crippen LogP contribution in [0.15, 0.2) is 48.5 Å². The SMILES string of the molecule is Cc1cccc(C2(NC(=O)N3CCO[C@@H](c4ccc(F)cc4)C3)CC2)c1. The van der Waals surface area contributed by atoms with E-state index in [4.69, 9.17) is 4.74 Å². The minimum Gasteiger partial charge on any atom is -0.370 e. The Morgan fingerprint density at radius 3 is 2.69 bits per heavy atom. The standard InChI is InChI=1S/C21H23FN2O2/c1-15-3-2-4-17(13-15)21(9-10-21)23-20(25)24-11-12-26-19(14-24)16-5-7-18(22)8-6-16/h2-8,13,19H,9-12,14H2,1H3,(H,23,25)/t19-/m1/s1. The van der Waals surface area contributed by atoms with E-state index in [1.807, 2.05) is 6.07 Å². The van der Waals surface area contributed by atoms with Crippen LogP contribution < -0.4 is 5.32 Å². The summed E-state index contributed by atoms with van der Waals surface area (Å²) in [5.41, 5.74) is 3.04. The molecule has 4 rings (SSSR count). The minimum absolute atomic E-state index is 0.0561. The summed E-state index contributed by atoms with van der Waals surface area (Å²) in [4.78, 5) is 14.6. The third-order valence-electron chi connectivity index (χ3n) is 5.26. The summed E-state index contributed by atoms with van der Waals surface area (Å²) in [6, 6.07) is 14.6. The zero-order valence-electron chi connectivity index (χ0n) is 14.9. The lowest BCUT2D eigenvalue weighted by molar-refractivity contribution is -0.0159. The number of aryl methyl sites for hydroxylation is 1. The molecule has 2 aromatic carbocycles. The number of urea groups is 1. The van der Waals surface area contributed by atoms with Gasteiger partial charge in [0.2, 0.25) is 0 Å². The molecule has 1 aliphatic carbocycles. The van der Waals surface area contributed by atoms with Gasteiger partial charge in [0, 0.05) is 6.54 Å². The maximum absolute atomic E-state index is 13.1. The van der Waals surface area contributed by atoms with Crippen molar-refractivity contribution >= 4 is 6.03 Å². The number of nitrogens with one attached hydrogen (secondary N) is 1. The smallest absolute Gasteiger partial charge is 0.318 e. The van der Waals surface area contributed by atoms with Crippen molar-refractivity contribution in [3.8, 4) is 0 Å². The fourth-order valence-corrected chi connectivity index (χ4v) is 3.55. The second-order valence-corrected chi connectivity index (χ2v) is 7.24. The van der Waals surface area contributed by atoms with Gasteiger partial charge in [0.1, 0.15) is 11.9 Å². The fourth-order valence-electron chi connectivity index (χ4n) is 3.55.